The van der Waals surface area contributed by atoms with Crippen LogP contribution >= 0.6 is 23.2 Å². The van der Waals surface area contributed by atoms with Crippen molar-refractivity contribution in [2.45, 2.75) is 4.90 Å². The molecule has 108 valence electrons. The summed E-state index contributed by atoms with van der Waals surface area (Å²) in [4.78, 5) is -0.131. The lowest BCUT2D eigenvalue weighted by atomic mass is 10.3. The summed E-state index contributed by atoms with van der Waals surface area (Å²) < 4.78 is 33.3. The highest BCUT2D eigenvalue weighted by Gasteiger charge is 2.22. The molecule has 1 aromatic heterocycles. The number of sulfonamides is 1. The summed E-state index contributed by atoms with van der Waals surface area (Å²) in [5.74, 6) is 0.303. The van der Waals surface area contributed by atoms with Crippen molar-refractivity contribution in [1.82, 2.24) is 9.78 Å². The first-order valence-electron chi connectivity index (χ1n) is 5.38. The fourth-order valence-corrected chi connectivity index (χ4v) is 3.43. The highest BCUT2D eigenvalue weighted by atomic mass is 35.5. The fourth-order valence-electron chi connectivity index (χ4n) is 1.56. The van der Waals surface area contributed by atoms with Gasteiger partial charge < -0.3 is 4.74 Å². The Labute approximate surface area is 126 Å². The number of rotatable bonds is 4. The van der Waals surface area contributed by atoms with Gasteiger partial charge in [0.15, 0.2) is 0 Å². The van der Waals surface area contributed by atoms with Gasteiger partial charge in [-0.05, 0) is 12.1 Å². The molecule has 0 spiro atoms. The van der Waals surface area contributed by atoms with Crippen molar-refractivity contribution >= 4 is 38.9 Å². The lowest BCUT2D eigenvalue weighted by molar-refractivity contribution is 0.414. The van der Waals surface area contributed by atoms with Gasteiger partial charge >= 0.3 is 0 Å². The van der Waals surface area contributed by atoms with E-state index in [-0.39, 0.29) is 14.9 Å². The number of nitrogens with one attached hydrogen (secondary N) is 1. The van der Waals surface area contributed by atoms with Crippen molar-refractivity contribution in [2.24, 2.45) is 7.05 Å². The highest BCUT2D eigenvalue weighted by molar-refractivity contribution is 7.92. The lowest BCUT2D eigenvalue weighted by Gasteiger charge is -2.11. The van der Waals surface area contributed by atoms with Gasteiger partial charge in [0.1, 0.15) is 15.7 Å². The molecule has 20 heavy (non-hydrogen) atoms. The van der Waals surface area contributed by atoms with Gasteiger partial charge in [-0.15, -0.1) is 0 Å². The van der Waals surface area contributed by atoms with Crippen LogP contribution in [0.4, 0.5) is 5.69 Å². The molecule has 1 aromatic carbocycles. The normalized spacial score (nSPS) is 11.4. The zero-order valence-electron chi connectivity index (χ0n) is 10.6. The van der Waals surface area contributed by atoms with Crippen molar-refractivity contribution in [2.75, 3.05) is 11.8 Å². The van der Waals surface area contributed by atoms with Gasteiger partial charge in [0.25, 0.3) is 10.0 Å². The van der Waals surface area contributed by atoms with E-state index in [1.54, 1.807) is 7.05 Å². The Bertz CT molecular complexity index is 743. The van der Waals surface area contributed by atoms with Crippen LogP contribution in [-0.4, -0.2) is 25.3 Å². The Hall–Kier alpha value is -1.44. The van der Waals surface area contributed by atoms with Gasteiger partial charge in [-0.2, -0.15) is 5.10 Å². The van der Waals surface area contributed by atoms with E-state index in [0.717, 1.165) is 0 Å². The standard InChI is InChI=1S/C11H11Cl2N3O3S/c1-16-6-7(5-14-16)15-20(17,18)9-4-3-8(19-2)10(12)11(9)13/h3-6,15H,1-2H3. The largest absolute Gasteiger partial charge is 0.495 e. The summed E-state index contributed by atoms with van der Waals surface area (Å²) in [6.07, 6.45) is 2.91. The van der Waals surface area contributed by atoms with E-state index in [4.69, 9.17) is 27.9 Å². The molecule has 9 heteroatoms. The molecule has 0 saturated carbocycles. The third-order valence-electron chi connectivity index (χ3n) is 2.48. The molecule has 2 aromatic rings. The summed E-state index contributed by atoms with van der Waals surface area (Å²) in [7, 11) is -0.762. The molecule has 0 aliphatic carbocycles. The number of methoxy groups -OCH3 is 1. The van der Waals surface area contributed by atoms with Crippen molar-refractivity contribution in [3.63, 3.8) is 0 Å². The summed E-state index contributed by atoms with van der Waals surface area (Å²) in [5, 5.41) is 3.82. The SMILES string of the molecule is COc1ccc(S(=O)(=O)Nc2cnn(C)c2)c(Cl)c1Cl. The van der Waals surface area contributed by atoms with Crippen LogP contribution in [0.1, 0.15) is 0 Å². The number of anilines is 1. The lowest BCUT2D eigenvalue weighted by Crippen LogP contribution is -2.13. The number of nitrogens with zero attached hydrogens (tertiary/aromatic N) is 2. The summed E-state index contributed by atoms with van der Waals surface area (Å²) in [5.41, 5.74) is 0.329. The topological polar surface area (TPSA) is 73.2 Å². The summed E-state index contributed by atoms with van der Waals surface area (Å²) in [6.45, 7) is 0. The van der Waals surface area contributed by atoms with Crippen LogP contribution in [0.15, 0.2) is 29.4 Å². The first kappa shape index (κ1) is 15.0. The molecule has 6 nitrogen and oxygen atoms in total. The molecule has 0 saturated heterocycles. The van der Waals surface area contributed by atoms with Crippen molar-refractivity contribution in [3.05, 3.63) is 34.6 Å². The van der Waals surface area contributed by atoms with E-state index in [1.165, 1.54) is 36.3 Å². The average Bonchev–Trinajstić information content (AvgIpc) is 2.77. The minimum Gasteiger partial charge on any atom is -0.495 e. The van der Waals surface area contributed by atoms with Gasteiger partial charge in [-0.25, -0.2) is 8.42 Å². The second kappa shape index (κ2) is 5.51. The third-order valence-corrected chi connectivity index (χ3v) is 4.88. The van der Waals surface area contributed by atoms with Crippen molar-refractivity contribution < 1.29 is 13.2 Å². The number of benzene rings is 1. The first-order chi connectivity index (χ1) is 9.35. The van der Waals surface area contributed by atoms with E-state index in [0.29, 0.717) is 11.4 Å². The number of hydrogen-bond acceptors (Lipinski definition) is 4. The zero-order valence-corrected chi connectivity index (χ0v) is 12.9. The fraction of sp³-hybridized carbons (Fsp3) is 0.182. The number of aryl methyl sites for hydroxylation is 1. The molecule has 0 aliphatic rings. The molecule has 1 N–H and O–H groups in total. The summed E-state index contributed by atoms with van der Waals surface area (Å²) >= 11 is 11.9. The number of halogens is 2. The van der Waals surface area contributed by atoms with Crippen LogP contribution in [0.2, 0.25) is 10.0 Å². The average molecular weight is 336 g/mol. The van der Waals surface area contributed by atoms with Crippen LogP contribution in [0.25, 0.3) is 0 Å². The number of hydrogen-bond donors (Lipinski definition) is 1. The summed E-state index contributed by atoms with van der Waals surface area (Å²) in [6, 6.07) is 2.76. The van der Waals surface area contributed by atoms with Crippen LogP contribution < -0.4 is 9.46 Å². The van der Waals surface area contributed by atoms with Crippen molar-refractivity contribution in [1.29, 1.82) is 0 Å². The Morgan fingerprint density at radius 1 is 1.30 bits per heavy atom. The Balaban J connectivity index is 2.42. The second-order valence-corrected chi connectivity index (χ2v) is 6.31. The predicted molar refractivity (Wildman–Crippen MR) is 77.0 cm³/mol. The Kier molecular flexibility index (Phi) is 4.12. The smallest absolute Gasteiger partial charge is 0.263 e. The quantitative estimate of drug-likeness (QED) is 0.931. The molecule has 0 bridgehead atoms. The van der Waals surface area contributed by atoms with E-state index in [1.807, 2.05) is 0 Å². The number of ether oxygens (including phenoxy) is 1. The van der Waals surface area contributed by atoms with Gasteiger partial charge in [0.2, 0.25) is 0 Å². The molecule has 2 rings (SSSR count). The maximum atomic E-state index is 12.3. The maximum Gasteiger partial charge on any atom is 0.263 e. The first-order valence-corrected chi connectivity index (χ1v) is 7.62. The third kappa shape index (κ3) is 2.84. The van der Waals surface area contributed by atoms with E-state index >= 15 is 0 Å². The molecular formula is C11H11Cl2N3O3S. The molecule has 0 atom stereocenters. The van der Waals surface area contributed by atoms with Gasteiger partial charge in [0, 0.05) is 13.2 Å². The molecule has 0 aliphatic heterocycles. The van der Waals surface area contributed by atoms with Gasteiger partial charge in [-0.3, -0.25) is 9.40 Å². The van der Waals surface area contributed by atoms with Crippen LogP contribution in [0.5, 0.6) is 5.75 Å². The van der Waals surface area contributed by atoms with E-state index < -0.39 is 10.0 Å². The van der Waals surface area contributed by atoms with Crippen molar-refractivity contribution in [3.8, 4) is 5.75 Å². The minimum atomic E-state index is -3.85. The van der Waals surface area contributed by atoms with Crippen LogP contribution in [-0.2, 0) is 17.1 Å². The van der Waals surface area contributed by atoms with Crippen LogP contribution in [0.3, 0.4) is 0 Å². The Morgan fingerprint density at radius 2 is 2.00 bits per heavy atom. The van der Waals surface area contributed by atoms with Gasteiger partial charge in [0.05, 0.1) is 24.0 Å². The van der Waals surface area contributed by atoms with Gasteiger partial charge in [-0.1, -0.05) is 23.2 Å². The minimum absolute atomic E-state index is 0.0447. The highest BCUT2D eigenvalue weighted by Crippen LogP contribution is 2.37. The van der Waals surface area contributed by atoms with E-state index in [9.17, 15) is 8.42 Å². The molecule has 0 amide bonds. The monoisotopic (exact) mass is 335 g/mol. The molecule has 1 heterocycles. The molecular weight excluding hydrogens is 325 g/mol. The zero-order chi connectivity index (χ0) is 14.9. The molecule has 0 fully saturated rings. The van der Waals surface area contributed by atoms with E-state index in [2.05, 4.69) is 9.82 Å². The molecule has 0 radical (unpaired) electrons. The molecule has 0 unspecified atom stereocenters. The Morgan fingerprint density at radius 3 is 2.55 bits per heavy atom. The maximum absolute atomic E-state index is 12.3. The predicted octanol–water partition coefficient (Wildman–Crippen LogP) is 2.54. The second-order valence-electron chi connectivity index (χ2n) is 3.90. The number of aromatic nitrogens is 2. The van der Waals surface area contributed by atoms with Crippen LogP contribution in [0, 0.1) is 0 Å².